The average molecular weight is 747 g/mol. The fraction of sp³-hybridized carbons (Fsp3) is 0.409. The van der Waals surface area contributed by atoms with Crippen LogP contribution in [-0.2, 0) is 40.8 Å². The average Bonchev–Trinajstić information content (AvgIpc) is 3.51. The van der Waals surface area contributed by atoms with Crippen molar-refractivity contribution in [2.45, 2.75) is 71.1 Å². The number of hydrogen-bond acceptors (Lipinski definition) is 6. The van der Waals surface area contributed by atoms with Gasteiger partial charge < -0.3 is 24.4 Å². The van der Waals surface area contributed by atoms with Crippen molar-refractivity contribution in [3.8, 4) is 5.75 Å². The van der Waals surface area contributed by atoms with E-state index in [9.17, 15) is 24.3 Å². The number of carbonyl (C=O) groups excluding carboxylic acids is 4. The molecule has 2 aliphatic heterocycles. The molecule has 11 heteroatoms. The molecule has 3 aromatic carbocycles. The summed E-state index contributed by atoms with van der Waals surface area (Å²) in [4.78, 5) is 61.9. The Bertz CT molecular complexity index is 2010. The number of hydrogen-bond donors (Lipinski definition) is 1. The Morgan fingerprint density at radius 2 is 1.73 bits per heavy atom. The van der Waals surface area contributed by atoms with Crippen LogP contribution >= 0.6 is 0 Å². The van der Waals surface area contributed by atoms with Gasteiger partial charge in [-0.15, -0.1) is 6.58 Å². The van der Waals surface area contributed by atoms with Gasteiger partial charge in [-0.2, -0.15) is 0 Å². The van der Waals surface area contributed by atoms with E-state index in [1.54, 1.807) is 55.1 Å². The Morgan fingerprint density at radius 3 is 2.44 bits per heavy atom. The van der Waals surface area contributed by atoms with Crippen LogP contribution in [0.4, 0.5) is 0 Å². The van der Waals surface area contributed by atoms with Crippen LogP contribution in [0.5, 0.6) is 5.75 Å². The number of phenols is 1. The molecule has 4 aromatic rings. The smallest absolute Gasteiger partial charge is 0.255 e. The number of rotatable bonds is 15. The van der Waals surface area contributed by atoms with Crippen molar-refractivity contribution in [2.75, 3.05) is 33.2 Å². The topological polar surface area (TPSA) is 110 Å². The van der Waals surface area contributed by atoms with Crippen molar-refractivity contribution < 1.29 is 24.3 Å². The number of aryl methyl sites for hydroxylation is 2. The van der Waals surface area contributed by atoms with Crippen LogP contribution in [0.2, 0.25) is 0 Å². The fourth-order valence-corrected chi connectivity index (χ4v) is 8.03. The number of hydrazine groups is 1. The molecule has 6 rings (SSSR count). The first-order valence-electron chi connectivity index (χ1n) is 19.4. The third-order valence-electron chi connectivity index (χ3n) is 10.8. The van der Waals surface area contributed by atoms with Crippen molar-refractivity contribution in [3.63, 3.8) is 0 Å². The maximum Gasteiger partial charge on any atom is 0.255 e. The molecular formula is C44H54N6O5. The summed E-state index contributed by atoms with van der Waals surface area (Å²) in [6, 6.07) is 21.4. The van der Waals surface area contributed by atoms with Crippen LogP contribution in [-0.4, -0.2) is 103 Å². The first kappa shape index (κ1) is 39.3. The monoisotopic (exact) mass is 746 g/mol. The second-order valence-corrected chi connectivity index (χ2v) is 15.3. The molecule has 55 heavy (non-hydrogen) atoms. The summed E-state index contributed by atoms with van der Waals surface area (Å²) in [5, 5.41) is 14.2. The van der Waals surface area contributed by atoms with E-state index in [2.05, 4.69) is 20.4 Å². The Balaban J connectivity index is 1.33. The molecular weight excluding hydrogens is 693 g/mol. The lowest BCUT2D eigenvalue weighted by Gasteiger charge is -2.55. The van der Waals surface area contributed by atoms with E-state index in [1.807, 2.05) is 73.4 Å². The second-order valence-electron chi connectivity index (χ2n) is 15.3. The number of nitrogens with zero attached hydrogens (tertiary/aromatic N) is 6. The van der Waals surface area contributed by atoms with Gasteiger partial charge in [0.2, 0.25) is 17.7 Å². The quantitative estimate of drug-likeness (QED) is 0.122. The van der Waals surface area contributed by atoms with E-state index in [4.69, 9.17) is 0 Å². The molecule has 0 aliphatic carbocycles. The zero-order chi connectivity index (χ0) is 39.2. The minimum atomic E-state index is -0.889. The second kappa shape index (κ2) is 17.4. The highest BCUT2D eigenvalue weighted by molar-refractivity contribution is 6.07. The van der Waals surface area contributed by atoms with Gasteiger partial charge in [-0.25, -0.2) is 10.0 Å². The highest BCUT2D eigenvalue weighted by Crippen LogP contribution is 2.32. The van der Waals surface area contributed by atoms with E-state index in [-0.39, 0.29) is 68.4 Å². The van der Waals surface area contributed by atoms with Gasteiger partial charge in [0.1, 0.15) is 18.0 Å². The molecule has 0 unspecified atom stereocenters. The molecule has 0 bridgehead atoms. The molecule has 0 radical (unpaired) electrons. The van der Waals surface area contributed by atoms with Gasteiger partial charge in [0.15, 0.2) is 0 Å². The van der Waals surface area contributed by atoms with Crippen LogP contribution in [0.3, 0.4) is 0 Å². The summed E-state index contributed by atoms with van der Waals surface area (Å²) < 4.78 is 1.95. The molecule has 4 amide bonds. The summed E-state index contributed by atoms with van der Waals surface area (Å²) in [6.07, 6.45) is 6.89. The molecule has 1 N–H and O–H groups in total. The standard InChI is InChI=1S/C44H54N6O5/c1-6-24-48-30-41(53)49-38(26-33-18-21-35(51)22-19-33)44(55)47(29-39(49)50(48)40(52)23-20-32-14-8-7-9-15-32)27-34-16-12-17-36-37(28-46(5)42(34)36)43(54)45(4)25-11-10-13-31(2)3/h6-9,12,14-19,21-22,28,31,38-39,51H,1,10-11,13,20,23-27,29-30H2,2-5H3/t38-,39-/m0/s1. The molecule has 0 saturated carbocycles. The number of para-hydroxylation sites is 1. The van der Waals surface area contributed by atoms with Gasteiger partial charge in [-0.3, -0.25) is 19.2 Å². The molecule has 11 nitrogen and oxygen atoms in total. The first-order chi connectivity index (χ1) is 26.5. The van der Waals surface area contributed by atoms with Gasteiger partial charge >= 0.3 is 0 Å². The van der Waals surface area contributed by atoms with Crippen LogP contribution in [0.25, 0.3) is 10.9 Å². The van der Waals surface area contributed by atoms with Crippen molar-refractivity contribution in [1.29, 1.82) is 0 Å². The van der Waals surface area contributed by atoms with E-state index < -0.39 is 12.2 Å². The first-order valence-corrected chi connectivity index (χ1v) is 19.4. The van der Waals surface area contributed by atoms with E-state index in [0.717, 1.165) is 46.9 Å². The number of phenolic OH excluding ortho intramolecular Hbond substituents is 1. The minimum absolute atomic E-state index is 0.0429. The number of benzene rings is 3. The predicted octanol–water partition coefficient (Wildman–Crippen LogP) is 5.77. The molecule has 2 fully saturated rings. The minimum Gasteiger partial charge on any atom is -0.508 e. The summed E-state index contributed by atoms with van der Waals surface area (Å²) in [5.41, 5.74) is 4.14. The molecule has 1 aromatic heterocycles. The van der Waals surface area contributed by atoms with Crippen LogP contribution in [0.1, 0.15) is 66.6 Å². The highest BCUT2D eigenvalue weighted by atomic mass is 16.3. The maximum absolute atomic E-state index is 14.7. The molecule has 290 valence electrons. The van der Waals surface area contributed by atoms with Crippen molar-refractivity contribution in [3.05, 3.63) is 114 Å². The Kier molecular flexibility index (Phi) is 12.4. The molecule has 2 saturated heterocycles. The third kappa shape index (κ3) is 8.78. The van der Waals surface area contributed by atoms with Crippen LogP contribution in [0.15, 0.2) is 91.6 Å². The summed E-state index contributed by atoms with van der Waals surface area (Å²) in [7, 11) is 3.76. The lowest BCUT2D eigenvalue weighted by Crippen LogP contribution is -2.75. The van der Waals surface area contributed by atoms with Crippen LogP contribution in [0, 0.1) is 5.92 Å². The van der Waals surface area contributed by atoms with E-state index in [0.29, 0.717) is 24.4 Å². The SMILES string of the molecule is C=CCN1CC(=O)N2[C@@H](Cc3ccc(O)cc3)C(=O)N(Cc3cccc4c(C(=O)N(C)CCCCC(C)C)cn(C)c34)C[C@@H]2N1C(=O)CCc1ccccc1. The van der Waals surface area contributed by atoms with Crippen molar-refractivity contribution in [2.24, 2.45) is 13.0 Å². The Hall–Kier alpha value is -5.42. The largest absolute Gasteiger partial charge is 0.508 e. The zero-order valence-electron chi connectivity index (χ0n) is 32.6. The molecule has 3 heterocycles. The predicted molar refractivity (Wildman–Crippen MR) is 214 cm³/mol. The van der Waals surface area contributed by atoms with Gasteiger partial charge in [0, 0.05) is 58.2 Å². The maximum atomic E-state index is 14.7. The summed E-state index contributed by atoms with van der Waals surface area (Å²) >= 11 is 0. The van der Waals surface area contributed by atoms with Gasteiger partial charge in [0.05, 0.1) is 24.2 Å². The summed E-state index contributed by atoms with van der Waals surface area (Å²) in [6.45, 7) is 9.53. The third-order valence-corrected chi connectivity index (χ3v) is 10.8. The lowest BCUT2D eigenvalue weighted by molar-refractivity contribution is -0.205. The molecule has 2 aliphatic rings. The Labute approximate surface area is 324 Å². The van der Waals surface area contributed by atoms with Gasteiger partial charge in [-0.05, 0) is 47.6 Å². The lowest BCUT2D eigenvalue weighted by atomic mass is 9.97. The fourth-order valence-electron chi connectivity index (χ4n) is 8.03. The number of carbonyl (C=O) groups is 4. The van der Waals surface area contributed by atoms with E-state index >= 15 is 0 Å². The van der Waals surface area contributed by atoms with Crippen molar-refractivity contribution >= 4 is 34.5 Å². The number of amides is 4. The number of aromatic hydroxyl groups is 1. The molecule has 2 atom stereocenters. The highest BCUT2D eigenvalue weighted by Gasteiger charge is 2.51. The zero-order valence-corrected chi connectivity index (χ0v) is 32.6. The summed E-state index contributed by atoms with van der Waals surface area (Å²) in [5.74, 6) is 0.0779. The number of fused-ring (bicyclic) bond motifs is 2. The Morgan fingerprint density at radius 1 is 0.982 bits per heavy atom. The molecule has 0 spiro atoms. The van der Waals surface area contributed by atoms with Gasteiger partial charge in [0.25, 0.3) is 5.91 Å². The van der Waals surface area contributed by atoms with Gasteiger partial charge in [-0.1, -0.05) is 93.4 Å². The number of piperazine rings is 1. The van der Waals surface area contributed by atoms with Crippen molar-refractivity contribution in [1.82, 2.24) is 29.3 Å². The van der Waals surface area contributed by atoms with E-state index in [1.165, 1.54) is 0 Å². The van der Waals surface area contributed by atoms with Crippen LogP contribution < -0.4 is 0 Å². The number of aromatic nitrogens is 1. The normalized spacial score (nSPS) is 17.6. The number of unbranched alkanes of at least 4 members (excludes halogenated alkanes) is 1.